The molecule has 0 aromatic heterocycles. The molecule has 0 saturated heterocycles. The highest BCUT2D eigenvalue weighted by Crippen LogP contribution is 2.33. The Labute approximate surface area is 154 Å². The van der Waals surface area contributed by atoms with Gasteiger partial charge in [0.15, 0.2) is 0 Å². The van der Waals surface area contributed by atoms with Crippen LogP contribution in [0.1, 0.15) is 54.3 Å². The fraction of sp³-hybridized carbons (Fsp3) is 0.409. The molecule has 1 fully saturated rings. The van der Waals surface area contributed by atoms with Gasteiger partial charge in [-0.25, -0.2) is 4.79 Å². The third kappa shape index (κ3) is 3.61. The fourth-order valence-electron chi connectivity index (χ4n) is 4.41. The van der Waals surface area contributed by atoms with Gasteiger partial charge in [-0.15, -0.1) is 0 Å². The number of fused-ring (bicyclic) bond motifs is 1. The lowest BCUT2D eigenvalue weighted by atomic mass is 9.82. The van der Waals surface area contributed by atoms with Crippen LogP contribution in [0.3, 0.4) is 0 Å². The van der Waals surface area contributed by atoms with Crippen LogP contribution in [0.2, 0.25) is 0 Å². The molecule has 2 aliphatic rings. The summed E-state index contributed by atoms with van der Waals surface area (Å²) >= 11 is 0. The minimum atomic E-state index is -0.549. The Hall–Kier alpha value is -2.33. The van der Waals surface area contributed by atoms with Crippen LogP contribution in [0.5, 0.6) is 0 Å². The van der Waals surface area contributed by atoms with Crippen LogP contribution in [0, 0.1) is 0 Å². The van der Waals surface area contributed by atoms with E-state index in [1.807, 2.05) is 24.3 Å². The molecule has 4 heteroatoms. The number of hydrogen-bond donors (Lipinski definition) is 3. The Kier molecular flexibility index (Phi) is 4.93. The van der Waals surface area contributed by atoms with Gasteiger partial charge in [-0.2, -0.15) is 0 Å². The first-order chi connectivity index (χ1) is 12.7. The van der Waals surface area contributed by atoms with Crippen molar-refractivity contribution in [3.63, 3.8) is 0 Å². The second-order valence-corrected chi connectivity index (χ2v) is 7.52. The second kappa shape index (κ2) is 7.50. The molecule has 2 aliphatic carbocycles. The Morgan fingerprint density at radius 1 is 0.885 bits per heavy atom. The van der Waals surface area contributed by atoms with E-state index in [9.17, 15) is 9.90 Å². The highest BCUT2D eigenvalue weighted by atomic mass is 16.3. The molecule has 3 N–H and O–H groups in total. The summed E-state index contributed by atoms with van der Waals surface area (Å²) in [6.45, 7) is 0. The molecule has 26 heavy (non-hydrogen) atoms. The maximum Gasteiger partial charge on any atom is 0.315 e. The Bertz CT molecular complexity index is 754. The van der Waals surface area contributed by atoms with Gasteiger partial charge in [0.25, 0.3) is 0 Å². The molecular weight excluding hydrogens is 324 g/mol. The van der Waals surface area contributed by atoms with Crippen molar-refractivity contribution in [3.05, 3.63) is 71.3 Å². The summed E-state index contributed by atoms with van der Waals surface area (Å²) in [5.41, 5.74) is 3.55. The van der Waals surface area contributed by atoms with Crippen LogP contribution in [0.15, 0.2) is 54.6 Å². The van der Waals surface area contributed by atoms with E-state index < -0.39 is 6.10 Å². The molecule has 1 saturated carbocycles. The molecule has 0 unspecified atom stereocenters. The van der Waals surface area contributed by atoms with Crippen molar-refractivity contribution in [1.82, 2.24) is 10.6 Å². The minimum Gasteiger partial charge on any atom is -0.390 e. The van der Waals surface area contributed by atoms with Crippen molar-refractivity contribution < 1.29 is 9.90 Å². The van der Waals surface area contributed by atoms with Crippen LogP contribution in [0.4, 0.5) is 4.79 Å². The molecule has 2 aromatic rings. The van der Waals surface area contributed by atoms with Crippen molar-refractivity contribution in [3.8, 4) is 0 Å². The highest BCUT2D eigenvalue weighted by molar-refractivity contribution is 5.75. The summed E-state index contributed by atoms with van der Waals surface area (Å²) < 4.78 is 0. The average molecular weight is 350 g/mol. The predicted molar refractivity (Wildman–Crippen MR) is 102 cm³/mol. The van der Waals surface area contributed by atoms with E-state index in [1.54, 1.807) is 0 Å². The zero-order chi connectivity index (χ0) is 17.9. The van der Waals surface area contributed by atoms with Crippen LogP contribution < -0.4 is 10.6 Å². The maximum absolute atomic E-state index is 12.4. The Balaban J connectivity index is 1.30. The van der Waals surface area contributed by atoms with Gasteiger partial charge in [0, 0.05) is 12.5 Å². The standard InChI is InChI=1S/C22H26N2O2/c25-20-14-17-8-4-5-9-19(17)21(20)24-22(26)23-18-12-10-16(11-13-18)15-6-2-1-3-7-15/h1-9,16,18,20-21,25H,10-14H2,(H2,23,24,26)/t16?,18?,20-,21+/m1/s1. The van der Waals surface area contributed by atoms with Gasteiger partial charge >= 0.3 is 6.03 Å². The minimum absolute atomic E-state index is 0.172. The first-order valence-electron chi connectivity index (χ1n) is 9.58. The van der Waals surface area contributed by atoms with Crippen molar-refractivity contribution in [2.75, 3.05) is 0 Å². The average Bonchev–Trinajstić information content (AvgIpc) is 2.98. The van der Waals surface area contributed by atoms with E-state index in [4.69, 9.17) is 0 Å². The summed E-state index contributed by atoms with van der Waals surface area (Å²) in [6, 6.07) is 18.3. The lowest BCUT2D eigenvalue weighted by Gasteiger charge is -2.30. The van der Waals surface area contributed by atoms with Crippen LogP contribution in [-0.2, 0) is 6.42 Å². The van der Waals surface area contributed by atoms with Gasteiger partial charge in [0.1, 0.15) is 0 Å². The molecular formula is C22H26N2O2. The smallest absolute Gasteiger partial charge is 0.315 e. The molecule has 4 nitrogen and oxygen atoms in total. The normalized spacial score (nSPS) is 27.6. The number of nitrogens with one attached hydrogen (secondary N) is 2. The number of aliphatic hydroxyl groups is 1. The summed E-state index contributed by atoms with van der Waals surface area (Å²) in [4.78, 5) is 12.4. The largest absolute Gasteiger partial charge is 0.390 e. The third-order valence-electron chi connectivity index (χ3n) is 5.82. The van der Waals surface area contributed by atoms with Gasteiger partial charge in [-0.1, -0.05) is 54.6 Å². The lowest BCUT2D eigenvalue weighted by molar-refractivity contribution is 0.141. The van der Waals surface area contributed by atoms with Gasteiger partial charge in [0.2, 0.25) is 0 Å². The summed E-state index contributed by atoms with van der Waals surface area (Å²) in [5.74, 6) is 0.598. The first kappa shape index (κ1) is 17.1. The summed E-state index contributed by atoms with van der Waals surface area (Å²) in [7, 11) is 0. The molecule has 0 bridgehead atoms. The molecule has 2 atom stereocenters. The summed E-state index contributed by atoms with van der Waals surface area (Å²) in [5, 5.41) is 16.4. The fourth-order valence-corrected chi connectivity index (χ4v) is 4.41. The van der Waals surface area contributed by atoms with Crippen LogP contribution >= 0.6 is 0 Å². The number of amides is 2. The summed E-state index contributed by atoms with van der Waals surface area (Å²) in [6.07, 6.45) is 4.25. The zero-order valence-corrected chi connectivity index (χ0v) is 14.9. The Morgan fingerprint density at radius 2 is 1.58 bits per heavy atom. The van der Waals surface area contributed by atoms with Crippen LogP contribution in [0.25, 0.3) is 0 Å². The van der Waals surface area contributed by atoms with E-state index in [1.165, 1.54) is 5.56 Å². The van der Waals surface area contributed by atoms with E-state index >= 15 is 0 Å². The molecule has 2 amide bonds. The SMILES string of the molecule is O=C(NC1CCC(c2ccccc2)CC1)N[C@H]1c2ccccc2C[C@H]1O. The van der Waals surface area contributed by atoms with Crippen molar-refractivity contribution in [1.29, 1.82) is 0 Å². The van der Waals surface area contributed by atoms with E-state index in [0.29, 0.717) is 12.3 Å². The lowest BCUT2D eigenvalue weighted by Crippen LogP contribution is -2.46. The highest BCUT2D eigenvalue weighted by Gasteiger charge is 2.32. The topological polar surface area (TPSA) is 61.4 Å². The zero-order valence-electron chi connectivity index (χ0n) is 14.9. The number of benzene rings is 2. The number of rotatable bonds is 3. The number of aliphatic hydroxyl groups excluding tert-OH is 1. The monoisotopic (exact) mass is 350 g/mol. The first-order valence-corrected chi connectivity index (χ1v) is 9.58. The second-order valence-electron chi connectivity index (χ2n) is 7.52. The van der Waals surface area contributed by atoms with Gasteiger partial charge in [-0.05, 0) is 48.3 Å². The predicted octanol–water partition coefficient (Wildman–Crippen LogP) is 3.67. The van der Waals surface area contributed by atoms with Crippen molar-refractivity contribution in [2.45, 2.75) is 56.2 Å². The third-order valence-corrected chi connectivity index (χ3v) is 5.82. The van der Waals surface area contributed by atoms with Crippen LogP contribution in [-0.4, -0.2) is 23.3 Å². The van der Waals surface area contributed by atoms with Gasteiger partial charge < -0.3 is 15.7 Å². The molecule has 0 radical (unpaired) electrons. The van der Waals surface area contributed by atoms with E-state index in [0.717, 1.165) is 36.8 Å². The molecule has 0 heterocycles. The van der Waals surface area contributed by atoms with Gasteiger partial charge in [0.05, 0.1) is 12.1 Å². The van der Waals surface area contributed by atoms with E-state index in [2.05, 4.69) is 41.0 Å². The number of urea groups is 1. The molecule has 0 spiro atoms. The number of carbonyl (C=O) groups is 1. The molecule has 4 rings (SSSR count). The number of carbonyl (C=O) groups excluding carboxylic acids is 1. The molecule has 0 aliphatic heterocycles. The quantitative estimate of drug-likeness (QED) is 0.791. The van der Waals surface area contributed by atoms with Crippen molar-refractivity contribution in [2.24, 2.45) is 0 Å². The number of hydrogen-bond acceptors (Lipinski definition) is 2. The Morgan fingerprint density at radius 3 is 2.35 bits per heavy atom. The molecule has 2 aromatic carbocycles. The molecule has 136 valence electrons. The van der Waals surface area contributed by atoms with Crippen molar-refractivity contribution >= 4 is 6.03 Å². The van der Waals surface area contributed by atoms with E-state index in [-0.39, 0.29) is 18.1 Å². The van der Waals surface area contributed by atoms with Gasteiger partial charge in [-0.3, -0.25) is 0 Å². The maximum atomic E-state index is 12.4.